The minimum absolute atomic E-state index is 0.105. The van der Waals surface area contributed by atoms with Crippen molar-refractivity contribution in [2.75, 3.05) is 12.3 Å². The molecule has 0 aliphatic rings. The number of amides is 1. The van der Waals surface area contributed by atoms with Gasteiger partial charge in [-0.25, -0.2) is 19.3 Å². The van der Waals surface area contributed by atoms with Gasteiger partial charge >= 0.3 is 0 Å². The number of carbonyl (C=O) groups is 1. The van der Waals surface area contributed by atoms with Crippen molar-refractivity contribution in [2.45, 2.75) is 13.3 Å². The number of halogens is 2. The molecule has 0 aliphatic carbocycles. The Labute approximate surface area is 148 Å². The summed E-state index contributed by atoms with van der Waals surface area (Å²) < 4.78 is 14.5. The molecule has 0 unspecified atom stereocenters. The van der Waals surface area contributed by atoms with Crippen LogP contribution in [0.4, 0.5) is 10.1 Å². The summed E-state index contributed by atoms with van der Waals surface area (Å²) in [6, 6.07) is 2.78. The SMILES string of the molecule is CCCNC(=O)c1ncc2c(-c3cncnc3Cl)c(F)ccc2c1N. The fourth-order valence-electron chi connectivity index (χ4n) is 2.55. The van der Waals surface area contributed by atoms with Crippen molar-refractivity contribution in [3.05, 3.63) is 47.5 Å². The number of benzene rings is 1. The summed E-state index contributed by atoms with van der Waals surface area (Å²) >= 11 is 6.08. The summed E-state index contributed by atoms with van der Waals surface area (Å²) in [5.74, 6) is -0.873. The number of carbonyl (C=O) groups excluding carboxylic acids is 1. The molecule has 0 aliphatic heterocycles. The fourth-order valence-corrected chi connectivity index (χ4v) is 2.73. The lowest BCUT2D eigenvalue weighted by atomic mass is 9.99. The minimum Gasteiger partial charge on any atom is -0.396 e. The summed E-state index contributed by atoms with van der Waals surface area (Å²) in [5.41, 5.74) is 6.93. The predicted octanol–water partition coefficient (Wildman–Crippen LogP) is 3.21. The summed E-state index contributed by atoms with van der Waals surface area (Å²) in [4.78, 5) is 24.1. The Hall–Kier alpha value is -2.80. The van der Waals surface area contributed by atoms with Crippen LogP contribution >= 0.6 is 11.6 Å². The molecule has 25 heavy (non-hydrogen) atoms. The lowest BCUT2D eigenvalue weighted by Crippen LogP contribution is -2.26. The second-order valence-corrected chi connectivity index (χ2v) is 5.75. The Morgan fingerprint density at radius 3 is 2.80 bits per heavy atom. The molecule has 0 spiro atoms. The average molecular weight is 360 g/mol. The number of nitrogens with one attached hydrogen (secondary N) is 1. The molecule has 0 radical (unpaired) electrons. The summed E-state index contributed by atoms with van der Waals surface area (Å²) in [6.45, 7) is 2.46. The highest BCUT2D eigenvalue weighted by Gasteiger charge is 2.19. The number of hydrogen-bond donors (Lipinski definition) is 2. The number of anilines is 1. The molecule has 0 saturated heterocycles. The number of nitrogen functional groups attached to an aromatic ring is 1. The van der Waals surface area contributed by atoms with Crippen LogP contribution in [0.25, 0.3) is 21.9 Å². The van der Waals surface area contributed by atoms with Crippen molar-refractivity contribution in [1.29, 1.82) is 0 Å². The highest BCUT2D eigenvalue weighted by molar-refractivity contribution is 6.32. The molecule has 1 aromatic carbocycles. The Morgan fingerprint density at radius 2 is 2.08 bits per heavy atom. The zero-order chi connectivity index (χ0) is 18.0. The first kappa shape index (κ1) is 17.0. The van der Waals surface area contributed by atoms with Gasteiger partial charge in [-0.2, -0.15) is 0 Å². The van der Waals surface area contributed by atoms with Crippen molar-refractivity contribution in [3.8, 4) is 11.1 Å². The highest BCUT2D eigenvalue weighted by Crippen LogP contribution is 2.36. The molecule has 1 amide bonds. The quantitative estimate of drug-likeness (QED) is 0.697. The molecule has 0 fully saturated rings. The van der Waals surface area contributed by atoms with E-state index in [-0.39, 0.29) is 28.0 Å². The lowest BCUT2D eigenvalue weighted by Gasteiger charge is -2.13. The number of fused-ring (bicyclic) bond motifs is 1. The van der Waals surface area contributed by atoms with Crippen LogP contribution in [-0.4, -0.2) is 27.4 Å². The van der Waals surface area contributed by atoms with Crippen LogP contribution in [0.5, 0.6) is 0 Å². The van der Waals surface area contributed by atoms with E-state index in [2.05, 4.69) is 20.3 Å². The highest BCUT2D eigenvalue weighted by atomic mass is 35.5. The maximum absolute atomic E-state index is 14.5. The summed E-state index contributed by atoms with van der Waals surface area (Å²) in [5, 5.41) is 3.78. The largest absolute Gasteiger partial charge is 0.396 e. The van der Waals surface area contributed by atoms with Gasteiger partial charge < -0.3 is 11.1 Å². The fraction of sp³-hybridized carbons (Fsp3) is 0.176. The van der Waals surface area contributed by atoms with Crippen molar-refractivity contribution in [2.24, 2.45) is 0 Å². The van der Waals surface area contributed by atoms with Crippen LogP contribution in [0.15, 0.2) is 30.9 Å². The molecular weight excluding hydrogens is 345 g/mol. The maximum atomic E-state index is 14.5. The van der Waals surface area contributed by atoms with Crippen LogP contribution in [-0.2, 0) is 0 Å². The van der Waals surface area contributed by atoms with Crippen molar-refractivity contribution < 1.29 is 9.18 Å². The van der Waals surface area contributed by atoms with E-state index in [9.17, 15) is 9.18 Å². The van der Waals surface area contributed by atoms with E-state index < -0.39 is 5.82 Å². The molecule has 6 nitrogen and oxygen atoms in total. The first-order valence-corrected chi connectivity index (χ1v) is 8.03. The molecule has 2 heterocycles. The second kappa shape index (κ2) is 6.98. The Morgan fingerprint density at radius 1 is 1.28 bits per heavy atom. The number of aromatic nitrogens is 3. The maximum Gasteiger partial charge on any atom is 0.272 e. The molecule has 0 bridgehead atoms. The number of nitrogens with zero attached hydrogens (tertiary/aromatic N) is 3. The molecule has 3 aromatic rings. The van der Waals surface area contributed by atoms with Crippen molar-refractivity contribution in [3.63, 3.8) is 0 Å². The number of hydrogen-bond acceptors (Lipinski definition) is 5. The predicted molar refractivity (Wildman–Crippen MR) is 94.8 cm³/mol. The van der Waals surface area contributed by atoms with Crippen LogP contribution < -0.4 is 11.1 Å². The zero-order valence-corrected chi connectivity index (χ0v) is 14.1. The second-order valence-electron chi connectivity index (χ2n) is 5.39. The van der Waals surface area contributed by atoms with Crippen LogP contribution in [0, 0.1) is 5.82 Å². The van der Waals surface area contributed by atoms with E-state index in [1.54, 1.807) is 0 Å². The van der Waals surface area contributed by atoms with Gasteiger partial charge in [0.2, 0.25) is 0 Å². The number of nitrogens with two attached hydrogens (primary N) is 1. The van der Waals surface area contributed by atoms with Gasteiger partial charge in [-0.1, -0.05) is 18.5 Å². The van der Waals surface area contributed by atoms with Crippen LogP contribution in [0.1, 0.15) is 23.8 Å². The van der Waals surface area contributed by atoms with Crippen molar-refractivity contribution >= 4 is 34.0 Å². The van der Waals surface area contributed by atoms with Gasteiger partial charge in [0, 0.05) is 40.8 Å². The van der Waals surface area contributed by atoms with E-state index in [1.807, 2.05) is 6.92 Å². The van der Waals surface area contributed by atoms with E-state index in [4.69, 9.17) is 17.3 Å². The van der Waals surface area contributed by atoms with Gasteiger partial charge in [0.15, 0.2) is 5.69 Å². The van der Waals surface area contributed by atoms with Gasteiger partial charge in [0.1, 0.15) is 17.3 Å². The van der Waals surface area contributed by atoms with E-state index >= 15 is 0 Å². The molecule has 8 heteroatoms. The molecule has 2 aromatic heterocycles. The third-order valence-electron chi connectivity index (χ3n) is 3.75. The molecule has 3 rings (SSSR count). The topological polar surface area (TPSA) is 93.8 Å². The Kier molecular flexibility index (Phi) is 4.76. The lowest BCUT2D eigenvalue weighted by molar-refractivity contribution is 0.0950. The number of rotatable bonds is 4. The van der Waals surface area contributed by atoms with Gasteiger partial charge in [0.05, 0.1) is 5.69 Å². The summed E-state index contributed by atoms with van der Waals surface area (Å²) in [7, 11) is 0. The van der Waals surface area contributed by atoms with E-state index in [0.29, 0.717) is 22.9 Å². The zero-order valence-electron chi connectivity index (χ0n) is 13.4. The molecule has 128 valence electrons. The summed E-state index contributed by atoms with van der Waals surface area (Å²) in [6.07, 6.45) is 4.90. The Balaban J connectivity index is 2.21. The normalized spacial score (nSPS) is 10.8. The first-order chi connectivity index (χ1) is 12.0. The average Bonchev–Trinajstić information content (AvgIpc) is 2.61. The molecular formula is C17H15ClFN5O. The van der Waals surface area contributed by atoms with Gasteiger partial charge in [0.25, 0.3) is 5.91 Å². The molecule has 0 saturated carbocycles. The monoisotopic (exact) mass is 359 g/mol. The van der Waals surface area contributed by atoms with Gasteiger partial charge in [-0.15, -0.1) is 0 Å². The molecule has 3 N–H and O–H groups in total. The first-order valence-electron chi connectivity index (χ1n) is 7.65. The van der Waals surface area contributed by atoms with E-state index in [0.717, 1.165) is 6.42 Å². The van der Waals surface area contributed by atoms with E-state index in [1.165, 1.54) is 30.9 Å². The molecule has 0 atom stereocenters. The van der Waals surface area contributed by atoms with Crippen molar-refractivity contribution in [1.82, 2.24) is 20.3 Å². The third kappa shape index (κ3) is 3.10. The Bertz CT molecular complexity index is 963. The van der Waals surface area contributed by atoms with Gasteiger partial charge in [-0.05, 0) is 18.6 Å². The third-order valence-corrected chi connectivity index (χ3v) is 4.05. The van der Waals surface area contributed by atoms with Crippen LogP contribution in [0.2, 0.25) is 5.15 Å². The minimum atomic E-state index is -0.506. The van der Waals surface area contributed by atoms with Crippen LogP contribution in [0.3, 0.4) is 0 Å². The standard InChI is InChI=1S/C17H15ClFN5O/c1-2-5-22-17(25)15-14(20)9-3-4-12(19)13(10(9)7-23-15)11-6-21-8-24-16(11)18/h3-4,6-8H,2,5,20H2,1H3,(H,22,25). The smallest absolute Gasteiger partial charge is 0.272 e. The number of pyridine rings is 1. The van der Waals surface area contributed by atoms with Gasteiger partial charge in [-0.3, -0.25) is 4.79 Å².